The van der Waals surface area contributed by atoms with Crippen LogP contribution in [0.5, 0.6) is 0 Å². The lowest BCUT2D eigenvalue weighted by atomic mass is 10.1. The minimum Gasteiger partial charge on any atom is -0.467 e. The van der Waals surface area contributed by atoms with Crippen molar-refractivity contribution >= 4 is 34.4 Å². The molecule has 23 heavy (non-hydrogen) atoms. The quantitative estimate of drug-likeness (QED) is 0.807. The Morgan fingerprint density at radius 3 is 2.65 bits per heavy atom. The van der Waals surface area contributed by atoms with Gasteiger partial charge in [0.2, 0.25) is 0 Å². The van der Waals surface area contributed by atoms with Crippen molar-refractivity contribution in [2.45, 2.75) is 31.8 Å². The van der Waals surface area contributed by atoms with Crippen LogP contribution < -0.4 is 0 Å². The number of hydrogen-bond acceptors (Lipinski definition) is 4. The molecule has 5 nitrogen and oxygen atoms in total. The van der Waals surface area contributed by atoms with E-state index in [2.05, 4.69) is 4.98 Å². The lowest BCUT2D eigenvalue weighted by molar-refractivity contribution is -0.145. The summed E-state index contributed by atoms with van der Waals surface area (Å²) < 4.78 is 4.77. The zero-order chi connectivity index (χ0) is 16.6. The molecule has 0 bridgehead atoms. The molecule has 2 aromatic rings. The maximum Gasteiger partial charge on any atom is 0.328 e. The zero-order valence-corrected chi connectivity index (χ0v) is 13.7. The molecule has 0 aliphatic heterocycles. The summed E-state index contributed by atoms with van der Waals surface area (Å²) >= 11 is 5.99. The molecular weight excluding hydrogens is 316 g/mol. The number of ether oxygens (including phenoxy) is 1. The number of carbonyl (C=O) groups excluding carboxylic acids is 2. The number of amides is 1. The number of esters is 1. The number of carbonyl (C=O) groups is 2. The monoisotopic (exact) mass is 332 g/mol. The van der Waals surface area contributed by atoms with Gasteiger partial charge in [0.1, 0.15) is 11.7 Å². The first kappa shape index (κ1) is 15.7. The molecule has 1 aliphatic carbocycles. The Balaban J connectivity index is 1.95. The molecule has 1 fully saturated rings. The lowest BCUT2D eigenvalue weighted by Crippen LogP contribution is -2.45. The largest absolute Gasteiger partial charge is 0.467 e. The van der Waals surface area contributed by atoms with Crippen LogP contribution in [0.25, 0.3) is 10.9 Å². The molecule has 1 aromatic heterocycles. The molecule has 1 saturated carbocycles. The van der Waals surface area contributed by atoms with E-state index in [0.29, 0.717) is 16.2 Å². The number of hydrogen-bond donors (Lipinski definition) is 0. The summed E-state index contributed by atoms with van der Waals surface area (Å²) in [6.45, 7) is 1.68. The third kappa shape index (κ3) is 3.15. The predicted molar refractivity (Wildman–Crippen MR) is 87.4 cm³/mol. The number of nitrogens with zero attached hydrogens (tertiary/aromatic N) is 2. The summed E-state index contributed by atoms with van der Waals surface area (Å²) in [5.74, 6) is -0.679. The van der Waals surface area contributed by atoms with Gasteiger partial charge in [-0.1, -0.05) is 23.7 Å². The van der Waals surface area contributed by atoms with Crippen molar-refractivity contribution in [2.75, 3.05) is 7.11 Å². The first-order valence-electron chi connectivity index (χ1n) is 7.48. The van der Waals surface area contributed by atoms with Crippen LogP contribution in [0.4, 0.5) is 0 Å². The van der Waals surface area contributed by atoms with Crippen LogP contribution in [-0.2, 0) is 9.53 Å². The third-order valence-electron chi connectivity index (χ3n) is 4.01. The van der Waals surface area contributed by atoms with Gasteiger partial charge in [0.15, 0.2) is 0 Å². The van der Waals surface area contributed by atoms with Crippen LogP contribution in [0.2, 0.25) is 5.02 Å². The van der Waals surface area contributed by atoms with Gasteiger partial charge >= 0.3 is 5.97 Å². The molecule has 1 amide bonds. The van der Waals surface area contributed by atoms with E-state index in [1.807, 2.05) is 12.1 Å². The molecule has 1 heterocycles. The van der Waals surface area contributed by atoms with E-state index in [-0.39, 0.29) is 11.9 Å². The number of benzene rings is 1. The van der Waals surface area contributed by atoms with Crippen LogP contribution >= 0.6 is 11.6 Å². The van der Waals surface area contributed by atoms with Gasteiger partial charge in [0.25, 0.3) is 5.91 Å². The molecule has 1 aromatic carbocycles. The summed E-state index contributed by atoms with van der Waals surface area (Å²) in [7, 11) is 1.32. The second kappa shape index (κ2) is 6.16. The Morgan fingerprint density at radius 1 is 1.30 bits per heavy atom. The molecule has 120 valence electrons. The van der Waals surface area contributed by atoms with E-state index in [9.17, 15) is 9.59 Å². The summed E-state index contributed by atoms with van der Waals surface area (Å²) in [6.07, 6.45) is 1.79. The molecule has 1 aliphatic rings. The van der Waals surface area contributed by atoms with Gasteiger partial charge < -0.3 is 9.64 Å². The third-order valence-corrected chi connectivity index (χ3v) is 4.24. The van der Waals surface area contributed by atoms with Crippen molar-refractivity contribution < 1.29 is 14.3 Å². The number of methoxy groups -OCH3 is 1. The van der Waals surface area contributed by atoms with Gasteiger partial charge in [-0.2, -0.15) is 0 Å². The smallest absolute Gasteiger partial charge is 0.328 e. The van der Waals surface area contributed by atoms with E-state index in [4.69, 9.17) is 16.3 Å². The summed E-state index contributed by atoms with van der Waals surface area (Å²) in [5.41, 5.74) is 0.965. The van der Waals surface area contributed by atoms with E-state index in [0.717, 1.165) is 18.2 Å². The van der Waals surface area contributed by atoms with Crippen LogP contribution in [0.3, 0.4) is 0 Å². The number of halogens is 1. The van der Waals surface area contributed by atoms with Gasteiger partial charge in [-0.05, 0) is 38.0 Å². The van der Waals surface area contributed by atoms with E-state index >= 15 is 0 Å². The maximum absolute atomic E-state index is 12.8. The minimum atomic E-state index is -0.628. The molecule has 0 N–H and O–H groups in total. The molecule has 0 saturated heterocycles. The minimum absolute atomic E-state index is 0.0773. The van der Waals surface area contributed by atoms with Crippen molar-refractivity contribution in [3.63, 3.8) is 0 Å². The maximum atomic E-state index is 12.8. The van der Waals surface area contributed by atoms with E-state index < -0.39 is 12.0 Å². The molecule has 0 spiro atoms. The standard InChI is InChI=1S/C17H17ClN2O3/c1-10(17(22)23-2)20(13-6-7-13)16(21)14-8-4-11-3-5-12(18)9-15(11)19-14/h3-5,8-10,13H,6-7H2,1-2H3. The Hall–Kier alpha value is -2.14. The van der Waals surface area contributed by atoms with E-state index in [1.165, 1.54) is 7.11 Å². The fourth-order valence-corrected chi connectivity index (χ4v) is 2.80. The zero-order valence-electron chi connectivity index (χ0n) is 13.0. The Morgan fingerprint density at radius 2 is 2.00 bits per heavy atom. The Bertz CT molecular complexity index is 774. The SMILES string of the molecule is COC(=O)C(C)N(C(=O)c1ccc2ccc(Cl)cc2n1)C1CC1. The van der Waals surface area contributed by atoms with Gasteiger partial charge in [-0.15, -0.1) is 0 Å². The highest BCUT2D eigenvalue weighted by Gasteiger charge is 2.39. The van der Waals surface area contributed by atoms with Crippen molar-refractivity contribution in [3.05, 3.63) is 41.0 Å². The summed E-state index contributed by atoms with van der Waals surface area (Å²) in [6, 6.07) is 8.32. The fraction of sp³-hybridized carbons (Fsp3) is 0.353. The van der Waals surface area contributed by atoms with Gasteiger partial charge in [0, 0.05) is 16.5 Å². The highest BCUT2D eigenvalue weighted by Crippen LogP contribution is 2.30. The second-order valence-corrected chi connectivity index (χ2v) is 6.11. The number of fused-ring (bicyclic) bond motifs is 1. The van der Waals surface area contributed by atoms with Gasteiger partial charge in [0.05, 0.1) is 12.6 Å². The number of aromatic nitrogens is 1. The predicted octanol–water partition coefficient (Wildman–Crippen LogP) is 3.05. The molecule has 1 unspecified atom stereocenters. The molecular formula is C17H17ClN2O3. The first-order chi connectivity index (χ1) is 11.0. The van der Waals surface area contributed by atoms with Crippen LogP contribution in [-0.4, -0.2) is 41.0 Å². The molecule has 3 rings (SSSR count). The van der Waals surface area contributed by atoms with E-state index in [1.54, 1.807) is 30.0 Å². The topological polar surface area (TPSA) is 59.5 Å². The Labute approximate surface area is 139 Å². The average molecular weight is 333 g/mol. The first-order valence-corrected chi connectivity index (χ1v) is 7.86. The van der Waals surface area contributed by atoms with Crippen molar-refractivity contribution in [1.82, 2.24) is 9.88 Å². The van der Waals surface area contributed by atoms with Crippen LogP contribution in [0, 0.1) is 0 Å². The van der Waals surface area contributed by atoms with Gasteiger partial charge in [-0.25, -0.2) is 9.78 Å². The van der Waals surface area contributed by atoms with Crippen molar-refractivity contribution in [2.24, 2.45) is 0 Å². The molecule has 0 radical (unpaired) electrons. The summed E-state index contributed by atoms with van der Waals surface area (Å²) in [4.78, 5) is 30.6. The fourth-order valence-electron chi connectivity index (χ4n) is 2.64. The highest BCUT2D eigenvalue weighted by molar-refractivity contribution is 6.31. The van der Waals surface area contributed by atoms with Gasteiger partial charge in [-0.3, -0.25) is 4.79 Å². The number of pyridine rings is 1. The van der Waals surface area contributed by atoms with Crippen molar-refractivity contribution in [1.29, 1.82) is 0 Å². The molecule has 1 atom stereocenters. The van der Waals surface area contributed by atoms with Crippen LogP contribution in [0.15, 0.2) is 30.3 Å². The molecule has 6 heteroatoms. The highest BCUT2D eigenvalue weighted by atomic mass is 35.5. The van der Waals surface area contributed by atoms with Crippen molar-refractivity contribution in [3.8, 4) is 0 Å². The van der Waals surface area contributed by atoms with Crippen LogP contribution in [0.1, 0.15) is 30.3 Å². The average Bonchev–Trinajstić information content (AvgIpc) is 3.38. The summed E-state index contributed by atoms with van der Waals surface area (Å²) in [5, 5.41) is 1.47. The normalized spacial score (nSPS) is 15.3. The number of rotatable bonds is 4. The Kier molecular flexibility index (Phi) is 4.22. The second-order valence-electron chi connectivity index (χ2n) is 5.68. The lowest BCUT2D eigenvalue weighted by Gasteiger charge is -2.27.